The first kappa shape index (κ1) is 21.8. The number of carbonyl (C=O) groups excluding carboxylic acids is 5. The van der Waals surface area contributed by atoms with Crippen molar-refractivity contribution in [2.75, 3.05) is 21.3 Å². The van der Waals surface area contributed by atoms with Gasteiger partial charge in [-0.15, -0.1) is 0 Å². The zero-order valence-electron chi connectivity index (χ0n) is 15.3. The van der Waals surface area contributed by atoms with Crippen LogP contribution in [0.15, 0.2) is 36.0 Å². The van der Waals surface area contributed by atoms with Crippen molar-refractivity contribution in [1.29, 1.82) is 0 Å². The summed E-state index contributed by atoms with van der Waals surface area (Å²) >= 11 is 0. The summed E-state index contributed by atoms with van der Waals surface area (Å²) in [6.07, 6.45) is 5.53. The maximum absolute atomic E-state index is 12.6. The van der Waals surface area contributed by atoms with E-state index in [-0.39, 0.29) is 5.57 Å². The van der Waals surface area contributed by atoms with E-state index in [1.54, 1.807) is 0 Å². The van der Waals surface area contributed by atoms with Crippen LogP contribution in [-0.2, 0) is 42.9 Å². The molecule has 0 heterocycles. The van der Waals surface area contributed by atoms with Crippen LogP contribution < -0.4 is 0 Å². The lowest BCUT2D eigenvalue weighted by Crippen LogP contribution is -2.51. The number of hydrogen-bond acceptors (Lipinski definition) is 9. The van der Waals surface area contributed by atoms with Crippen LogP contribution in [0.25, 0.3) is 0 Å². The predicted octanol–water partition coefficient (Wildman–Crippen LogP) is 0.435. The fourth-order valence-corrected chi connectivity index (χ4v) is 2.54. The Morgan fingerprint density at radius 2 is 1.74 bits per heavy atom. The largest absolute Gasteiger partial charge is 0.469 e. The quantitative estimate of drug-likeness (QED) is 0.351. The Morgan fingerprint density at radius 3 is 2.22 bits per heavy atom. The summed E-state index contributed by atoms with van der Waals surface area (Å²) in [7, 11) is 3.26. The van der Waals surface area contributed by atoms with Gasteiger partial charge in [-0.25, -0.2) is 9.59 Å². The van der Waals surface area contributed by atoms with Gasteiger partial charge in [0.1, 0.15) is 5.92 Å². The van der Waals surface area contributed by atoms with E-state index in [1.165, 1.54) is 18.2 Å². The van der Waals surface area contributed by atoms with Crippen LogP contribution in [0.5, 0.6) is 0 Å². The topological polar surface area (TPSA) is 122 Å². The molecule has 146 valence electrons. The maximum Gasteiger partial charge on any atom is 0.334 e. The van der Waals surface area contributed by atoms with Gasteiger partial charge in [0.25, 0.3) is 0 Å². The summed E-state index contributed by atoms with van der Waals surface area (Å²) in [4.78, 5) is 60.2. The van der Waals surface area contributed by atoms with Crippen LogP contribution in [0.4, 0.5) is 0 Å². The van der Waals surface area contributed by atoms with Gasteiger partial charge in [-0.2, -0.15) is 0 Å². The van der Waals surface area contributed by atoms with Gasteiger partial charge in [0.15, 0.2) is 0 Å². The van der Waals surface area contributed by atoms with E-state index in [0.29, 0.717) is 0 Å². The van der Waals surface area contributed by atoms with Gasteiger partial charge in [0.2, 0.25) is 11.4 Å². The molecule has 0 aromatic carbocycles. The van der Waals surface area contributed by atoms with Crippen LogP contribution in [0.3, 0.4) is 0 Å². The number of esters is 4. The molecule has 27 heavy (non-hydrogen) atoms. The highest BCUT2D eigenvalue weighted by Crippen LogP contribution is 2.34. The Kier molecular flexibility index (Phi) is 7.64. The summed E-state index contributed by atoms with van der Waals surface area (Å²) in [5.41, 5.74) is -2.29. The second-order valence-electron chi connectivity index (χ2n) is 5.43. The fraction of sp³-hybridized carbons (Fsp3) is 0.389. The maximum atomic E-state index is 12.6. The molecule has 0 saturated heterocycles. The number of ether oxygens (including phenoxy) is 4. The minimum atomic E-state index is -2.03. The standard InChI is InChI=1S/C18H20O9/c1-11(19)27-18(8-6-5-7-14(18)20)13(17(23)26-4)9-12(16(22)25-3)10-15(21)24-2/h5-8,10,13H,9H2,1-4H3/b12-10-. The second-order valence-corrected chi connectivity index (χ2v) is 5.43. The summed E-state index contributed by atoms with van der Waals surface area (Å²) < 4.78 is 19.0. The smallest absolute Gasteiger partial charge is 0.334 e. The number of carbonyl (C=O) groups is 5. The van der Waals surface area contributed by atoms with Gasteiger partial charge >= 0.3 is 23.9 Å². The van der Waals surface area contributed by atoms with Crippen molar-refractivity contribution < 1.29 is 42.9 Å². The van der Waals surface area contributed by atoms with Gasteiger partial charge < -0.3 is 18.9 Å². The molecule has 2 atom stereocenters. The van der Waals surface area contributed by atoms with E-state index < -0.39 is 47.6 Å². The first-order valence-corrected chi connectivity index (χ1v) is 7.76. The van der Waals surface area contributed by atoms with Crippen LogP contribution in [-0.4, -0.2) is 56.6 Å². The molecule has 0 aliphatic heterocycles. The van der Waals surface area contributed by atoms with E-state index in [2.05, 4.69) is 9.47 Å². The van der Waals surface area contributed by atoms with E-state index in [0.717, 1.165) is 40.4 Å². The van der Waals surface area contributed by atoms with Crippen LogP contribution in [0, 0.1) is 5.92 Å². The monoisotopic (exact) mass is 380 g/mol. The van der Waals surface area contributed by atoms with E-state index >= 15 is 0 Å². The number of methoxy groups -OCH3 is 3. The van der Waals surface area contributed by atoms with Gasteiger partial charge in [-0.05, 0) is 18.6 Å². The third-order valence-electron chi connectivity index (χ3n) is 3.77. The highest BCUT2D eigenvalue weighted by atomic mass is 16.6. The van der Waals surface area contributed by atoms with Crippen LogP contribution >= 0.6 is 0 Å². The molecule has 0 aromatic heterocycles. The SMILES string of the molecule is COC(=O)/C=C(/CC(C(=O)OC)C1(OC(C)=O)C=CC=CC1=O)C(=O)OC. The molecule has 0 bridgehead atoms. The van der Waals surface area contributed by atoms with Gasteiger partial charge in [-0.1, -0.05) is 12.2 Å². The summed E-state index contributed by atoms with van der Waals surface area (Å²) in [6, 6.07) is 0. The van der Waals surface area contributed by atoms with Crippen LogP contribution in [0.1, 0.15) is 13.3 Å². The molecule has 0 N–H and O–H groups in total. The number of ketones is 1. The van der Waals surface area contributed by atoms with Gasteiger partial charge in [0.05, 0.1) is 21.3 Å². The summed E-state index contributed by atoms with van der Waals surface area (Å²) in [6.45, 7) is 1.07. The Balaban J connectivity index is 3.49. The number of hydrogen-bond donors (Lipinski definition) is 0. The lowest BCUT2D eigenvalue weighted by Gasteiger charge is -2.35. The predicted molar refractivity (Wildman–Crippen MR) is 90.0 cm³/mol. The van der Waals surface area contributed by atoms with Gasteiger partial charge in [0, 0.05) is 18.6 Å². The Hall–Kier alpha value is -3.23. The lowest BCUT2D eigenvalue weighted by atomic mass is 9.77. The minimum absolute atomic E-state index is 0.262. The second kappa shape index (κ2) is 9.46. The third-order valence-corrected chi connectivity index (χ3v) is 3.77. The average molecular weight is 380 g/mol. The zero-order chi connectivity index (χ0) is 20.6. The molecular weight excluding hydrogens is 360 g/mol. The lowest BCUT2D eigenvalue weighted by molar-refractivity contribution is -0.172. The van der Waals surface area contributed by atoms with E-state index in [1.807, 2.05) is 0 Å². The highest BCUT2D eigenvalue weighted by molar-refractivity contribution is 6.05. The zero-order valence-corrected chi connectivity index (χ0v) is 15.3. The molecule has 1 rings (SSSR count). The highest BCUT2D eigenvalue weighted by Gasteiger charge is 2.51. The Morgan fingerprint density at radius 1 is 1.07 bits per heavy atom. The van der Waals surface area contributed by atoms with Crippen molar-refractivity contribution in [2.24, 2.45) is 5.92 Å². The molecule has 0 amide bonds. The molecular formula is C18H20O9. The van der Waals surface area contributed by atoms with Crippen molar-refractivity contribution in [1.82, 2.24) is 0 Å². The average Bonchev–Trinajstić information content (AvgIpc) is 2.65. The third kappa shape index (κ3) is 5.13. The van der Waals surface area contributed by atoms with E-state index in [9.17, 15) is 24.0 Å². The van der Waals surface area contributed by atoms with Crippen molar-refractivity contribution in [2.45, 2.75) is 18.9 Å². The van der Waals surface area contributed by atoms with Gasteiger partial charge in [-0.3, -0.25) is 14.4 Å². The first-order chi connectivity index (χ1) is 12.7. The molecule has 0 saturated carbocycles. The van der Waals surface area contributed by atoms with Crippen molar-refractivity contribution in [3.8, 4) is 0 Å². The molecule has 0 fully saturated rings. The van der Waals surface area contributed by atoms with E-state index in [4.69, 9.17) is 9.47 Å². The van der Waals surface area contributed by atoms with Crippen molar-refractivity contribution in [3.63, 3.8) is 0 Å². The molecule has 0 spiro atoms. The molecule has 9 heteroatoms. The minimum Gasteiger partial charge on any atom is -0.469 e. The number of allylic oxidation sites excluding steroid dienone is 2. The molecule has 9 nitrogen and oxygen atoms in total. The fourth-order valence-electron chi connectivity index (χ4n) is 2.54. The summed E-state index contributed by atoms with van der Waals surface area (Å²) in [5.74, 6) is -5.69. The molecule has 0 radical (unpaired) electrons. The molecule has 1 aliphatic carbocycles. The van der Waals surface area contributed by atoms with Crippen molar-refractivity contribution >= 4 is 29.7 Å². The van der Waals surface area contributed by atoms with Crippen molar-refractivity contribution in [3.05, 3.63) is 36.0 Å². The van der Waals surface area contributed by atoms with Crippen LogP contribution in [0.2, 0.25) is 0 Å². The normalized spacial score (nSPS) is 19.9. The molecule has 0 aromatic rings. The summed E-state index contributed by atoms with van der Waals surface area (Å²) in [5, 5.41) is 0. The first-order valence-electron chi connectivity index (χ1n) is 7.76. The number of rotatable bonds is 7. The Labute approximate surface area is 155 Å². The molecule has 1 aliphatic rings. The Bertz CT molecular complexity index is 729. The molecule has 2 unspecified atom stereocenters.